The Morgan fingerprint density at radius 3 is 1.34 bits per heavy atom. The van der Waals surface area contributed by atoms with Crippen LogP contribution in [-0.4, -0.2) is 42.1 Å². The minimum absolute atomic E-state index is 0.240. The molecular formula is C98H115N3O6S2. The number of hydrogen-bond donors (Lipinski definition) is 1. The lowest BCUT2D eigenvalue weighted by Crippen LogP contribution is -2.25. The number of rotatable bonds is 46. The number of carbonyl (C=O) groups is 1. The lowest BCUT2D eigenvalue weighted by Gasteiger charge is -2.31. The van der Waals surface area contributed by atoms with Crippen LogP contribution in [0.15, 0.2) is 151 Å². The van der Waals surface area contributed by atoms with Crippen molar-refractivity contribution in [3.63, 3.8) is 0 Å². The second kappa shape index (κ2) is 37.7. The van der Waals surface area contributed by atoms with Crippen LogP contribution in [0.25, 0.3) is 97.2 Å². The van der Waals surface area contributed by atoms with Gasteiger partial charge in [-0.2, -0.15) is 5.26 Å². The number of carboxylic acids is 1. The Kier molecular flexibility index (Phi) is 27.1. The van der Waals surface area contributed by atoms with Gasteiger partial charge in [-0.25, -0.2) is 4.79 Å². The van der Waals surface area contributed by atoms with E-state index in [2.05, 4.69) is 204 Å². The van der Waals surface area contributed by atoms with Crippen LogP contribution in [0.2, 0.25) is 0 Å². The summed E-state index contributed by atoms with van der Waals surface area (Å²) in [4.78, 5) is 19.4. The molecule has 1 aliphatic carbocycles. The van der Waals surface area contributed by atoms with Gasteiger partial charge >= 0.3 is 5.97 Å². The van der Waals surface area contributed by atoms with Gasteiger partial charge in [-0.1, -0.05) is 244 Å². The summed E-state index contributed by atoms with van der Waals surface area (Å²) in [7, 11) is 0. The Labute approximate surface area is 656 Å². The van der Waals surface area contributed by atoms with Crippen LogP contribution in [0.3, 0.4) is 0 Å². The normalized spacial score (nSPS) is 12.7. The van der Waals surface area contributed by atoms with Gasteiger partial charge in [0.25, 0.3) is 0 Å². The van der Waals surface area contributed by atoms with Crippen molar-refractivity contribution in [3.8, 4) is 66.1 Å². The Morgan fingerprint density at radius 1 is 0.459 bits per heavy atom. The van der Waals surface area contributed by atoms with E-state index in [1.54, 1.807) is 17.4 Å². The summed E-state index contributed by atoms with van der Waals surface area (Å²) in [6.45, 7) is 18.4. The zero-order chi connectivity index (χ0) is 75.6. The van der Waals surface area contributed by atoms with Crippen LogP contribution in [0, 0.1) is 18.3 Å². The van der Waals surface area contributed by atoms with Gasteiger partial charge in [0.05, 0.1) is 37.5 Å². The van der Waals surface area contributed by atoms with Gasteiger partial charge in [0.1, 0.15) is 40.3 Å². The van der Waals surface area contributed by atoms with Gasteiger partial charge < -0.3 is 33.5 Å². The van der Waals surface area contributed by atoms with Crippen LogP contribution < -0.4 is 23.8 Å². The Morgan fingerprint density at radius 2 is 0.862 bits per heavy atom. The zero-order valence-electron chi connectivity index (χ0n) is 66.1. The molecule has 109 heavy (non-hydrogen) atoms. The van der Waals surface area contributed by atoms with Crippen molar-refractivity contribution in [1.29, 1.82) is 5.26 Å². The van der Waals surface area contributed by atoms with Crippen LogP contribution in [0.5, 0.6) is 23.0 Å². The molecule has 0 amide bonds. The van der Waals surface area contributed by atoms with Crippen LogP contribution in [0.4, 0.5) is 17.1 Å². The molecule has 0 saturated heterocycles. The highest BCUT2D eigenvalue weighted by atomic mass is 32.1. The fourth-order valence-corrected chi connectivity index (χ4v) is 19.9. The molecule has 3 aromatic heterocycles. The van der Waals surface area contributed by atoms with Crippen molar-refractivity contribution in [1.82, 2.24) is 4.57 Å². The van der Waals surface area contributed by atoms with E-state index in [9.17, 15) is 15.2 Å². The molecule has 9 aromatic carbocycles. The third-order valence-corrected chi connectivity index (χ3v) is 25.3. The van der Waals surface area contributed by atoms with E-state index in [-0.39, 0.29) is 11.0 Å². The number of aryl methyl sites for hydroxylation is 1. The van der Waals surface area contributed by atoms with E-state index in [0.29, 0.717) is 26.4 Å². The summed E-state index contributed by atoms with van der Waals surface area (Å²) in [5, 5.41) is 30.2. The van der Waals surface area contributed by atoms with E-state index in [1.165, 1.54) is 177 Å². The van der Waals surface area contributed by atoms with Gasteiger partial charge in [0.15, 0.2) is 0 Å². The number of nitriles is 1. The zero-order valence-corrected chi connectivity index (χ0v) is 67.8. The first-order chi connectivity index (χ1) is 53.6. The SMILES string of the molecule is CCCCCCCCOc1cc(C)cc(OCCCCCCCC)c1-n1c2cc(-c3ccc(N(c4ccc(OCCCCCC)cc4)c4ccc(OCCCCCC)cc4)cc3)c3cccc4c5cccc6c(-c7cc8c(s7)-c7sc(/C=C(/C#N)C(=O)O)cc7C8(CCCCCC)CCCCCC)cc1c(c65)c2c34. The highest BCUT2D eigenvalue weighted by Gasteiger charge is 2.46. The molecule has 0 aliphatic heterocycles. The van der Waals surface area contributed by atoms with Crippen LogP contribution in [0.1, 0.15) is 256 Å². The number of unbranched alkanes of at least 4 members (excludes halogenated alkanes) is 22. The number of anilines is 3. The number of carboxylic acid groups (broad SMARTS) is 1. The van der Waals surface area contributed by atoms with E-state index >= 15 is 0 Å². The predicted octanol–water partition coefficient (Wildman–Crippen LogP) is 29.9. The topological polar surface area (TPSA) is 106 Å². The Bertz CT molecular complexity index is 4920. The van der Waals surface area contributed by atoms with E-state index < -0.39 is 5.97 Å². The number of ether oxygens (including phenoxy) is 4. The summed E-state index contributed by atoms with van der Waals surface area (Å²) in [5.41, 5.74) is 13.0. The maximum atomic E-state index is 12.5. The largest absolute Gasteiger partial charge is 0.494 e. The van der Waals surface area contributed by atoms with Crippen molar-refractivity contribution in [2.45, 2.75) is 247 Å². The molecule has 1 N–H and O–H groups in total. The van der Waals surface area contributed by atoms with Crippen molar-refractivity contribution in [3.05, 3.63) is 173 Å². The molecule has 13 rings (SSSR count). The fourth-order valence-electron chi connectivity index (χ4n) is 17.2. The van der Waals surface area contributed by atoms with Crippen molar-refractivity contribution < 1.29 is 28.8 Å². The molecule has 3 heterocycles. The van der Waals surface area contributed by atoms with E-state index in [1.807, 2.05) is 17.4 Å². The molecule has 9 nitrogen and oxygen atoms in total. The maximum Gasteiger partial charge on any atom is 0.346 e. The molecule has 0 radical (unpaired) electrons. The summed E-state index contributed by atoms with van der Waals surface area (Å²) in [6.07, 6.45) is 36.0. The van der Waals surface area contributed by atoms with Gasteiger partial charge in [0, 0.05) is 69.1 Å². The molecule has 0 atom stereocenters. The number of aromatic nitrogens is 1. The average molecular weight is 1500 g/mol. The lowest BCUT2D eigenvalue weighted by atomic mass is 9.71. The first kappa shape index (κ1) is 78.3. The van der Waals surface area contributed by atoms with Gasteiger partial charge in [-0.15, -0.1) is 22.7 Å². The van der Waals surface area contributed by atoms with Gasteiger partial charge in [-0.05, 0) is 198 Å². The highest BCUT2D eigenvalue weighted by molar-refractivity contribution is 7.24. The van der Waals surface area contributed by atoms with Crippen LogP contribution >= 0.6 is 22.7 Å². The Balaban J connectivity index is 1.02. The smallest absolute Gasteiger partial charge is 0.346 e. The van der Waals surface area contributed by atoms with Crippen LogP contribution in [-0.2, 0) is 10.2 Å². The quantitative estimate of drug-likeness (QED) is 0.0132. The van der Waals surface area contributed by atoms with Crippen molar-refractivity contribution in [2.24, 2.45) is 0 Å². The maximum absolute atomic E-state index is 12.5. The monoisotopic (exact) mass is 1490 g/mol. The van der Waals surface area contributed by atoms with Gasteiger partial charge in [-0.3, -0.25) is 0 Å². The standard InChI is InChI=1S/C98H115N3O6S2/c1-8-14-20-26-28-34-58-106-87-60-68(7)61-88(107-59-35-29-27-21-15-9-2)94(87)101-85-64-81(69-42-44-71(45-43-69)100(72-46-50-74(51-47-72)104-56-32-24-18-12-5)73-48-52-75(53-49-73)105-57-33-25-19-13-6)79-40-36-38-77-78-39-37-41-80-82(65-86(101)93(91(78)80)92(85)90(77)79)89-66-84-96(109-89)95-83(63-76(108-95)62-70(67-99)97(102)103)98(84,54-30-22-16-10-3)55-31-23-17-11-4/h36-53,60-66H,8-35,54-59H2,1-7H3,(H,102,103)/b70-62-. The van der Waals surface area contributed by atoms with Crippen molar-refractivity contribution >= 4 is 106 Å². The summed E-state index contributed by atoms with van der Waals surface area (Å²) >= 11 is 3.55. The third-order valence-electron chi connectivity index (χ3n) is 22.9. The number of aliphatic carboxylic acids is 1. The lowest BCUT2D eigenvalue weighted by molar-refractivity contribution is -0.132. The number of thiophene rings is 2. The molecule has 0 fully saturated rings. The number of hydrogen-bond acceptors (Lipinski definition) is 9. The summed E-state index contributed by atoms with van der Waals surface area (Å²) < 4.78 is 29.8. The second-order valence-electron chi connectivity index (χ2n) is 30.9. The summed E-state index contributed by atoms with van der Waals surface area (Å²) in [6, 6.07) is 56.8. The first-order valence-corrected chi connectivity index (χ1v) is 43.6. The predicted molar refractivity (Wildman–Crippen MR) is 464 cm³/mol. The van der Waals surface area contributed by atoms with E-state index in [0.717, 1.165) is 168 Å². The molecule has 1 aliphatic rings. The molecule has 0 saturated carbocycles. The molecule has 11 heteroatoms. The Hall–Kier alpha value is -8.82. The minimum atomic E-state index is -1.20. The minimum Gasteiger partial charge on any atom is -0.494 e. The number of benzene rings is 9. The average Bonchev–Trinajstić information content (AvgIpc) is 1.54. The molecular weight excluding hydrogens is 1380 g/mol. The molecule has 12 aromatic rings. The van der Waals surface area contributed by atoms with Crippen molar-refractivity contribution in [2.75, 3.05) is 31.3 Å². The fraction of sp³-hybridized carbons (Fsp3) is 0.429. The second-order valence-corrected chi connectivity index (χ2v) is 33.0. The first-order valence-electron chi connectivity index (χ1n) is 42.0. The van der Waals surface area contributed by atoms with Gasteiger partial charge in [0.2, 0.25) is 0 Å². The highest BCUT2D eigenvalue weighted by Crippen LogP contribution is 2.62. The number of fused-ring (bicyclic) bond motifs is 4. The molecule has 0 unspecified atom stereocenters. The molecule has 570 valence electrons. The number of nitrogens with zero attached hydrogens (tertiary/aromatic N) is 3. The molecule has 0 bridgehead atoms. The molecule has 0 spiro atoms. The third kappa shape index (κ3) is 17.2. The summed E-state index contributed by atoms with van der Waals surface area (Å²) in [5.74, 6) is 2.23. The van der Waals surface area contributed by atoms with E-state index in [4.69, 9.17) is 18.9 Å².